The number of ether oxygens (including phenoxy) is 2. The van der Waals surface area contributed by atoms with Crippen molar-refractivity contribution in [3.05, 3.63) is 48.0 Å². The molecule has 4 heteroatoms. The van der Waals surface area contributed by atoms with Crippen molar-refractivity contribution >= 4 is 11.9 Å². The average Bonchev–Trinajstić information content (AvgIpc) is 2.49. The van der Waals surface area contributed by atoms with Gasteiger partial charge in [-0.25, -0.2) is 0 Å². The first-order chi connectivity index (χ1) is 10.5. The molecular weight excluding hydrogens is 280 g/mol. The number of allylic oxidation sites excluding steroid dienone is 1. The van der Waals surface area contributed by atoms with E-state index in [0.717, 1.165) is 11.1 Å². The Morgan fingerprint density at radius 2 is 1.59 bits per heavy atom. The van der Waals surface area contributed by atoms with E-state index < -0.39 is 17.4 Å². The quantitative estimate of drug-likeness (QED) is 0.420. The molecule has 0 atom stereocenters. The van der Waals surface area contributed by atoms with Crippen LogP contribution in [0, 0.1) is 12.3 Å². The lowest BCUT2D eigenvalue weighted by molar-refractivity contribution is -0.171. The van der Waals surface area contributed by atoms with Crippen LogP contribution in [0.2, 0.25) is 0 Å². The van der Waals surface area contributed by atoms with E-state index in [1.165, 1.54) is 0 Å². The summed E-state index contributed by atoms with van der Waals surface area (Å²) in [6.07, 6.45) is 1.97. The van der Waals surface area contributed by atoms with E-state index in [0.29, 0.717) is 0 Å². The fraction of sp³-hybridized carbons (Fsp3) is 0.444. The van der Waals surface area contributed by atoms with E-state index in [1.54, 1.807) is 19.9 Å². The Bertz CT molecular complexity index is 498. The molecule has 1 aromatic rings. The molecule has 0 saturated heterocycles. The van der Waals surface area contributed by atoms with Crippen LogP contribution in [-0.4, -0.2) is 25.2 Å². The molecule has 0 radical (unpaired) electrons. The first-order valence-corrected chi connectivity index (χ1v) is 7.51. The molecule has 22 heavy (non-hydrogen) atoms. The Kier molecular flexibility index (Phi) is 6.83. The largest absolute Gasteiger partial charge is 0.465 e. The third kappa shape index (κ3) is 4.20. The van der Waals surface area contributed by atoms with Crippen LogP contribution in [0.25, 0.3) is 0 Å². The minimum atomic E-state index is -1.37. The smallest absolute Gasteiger partial charge is 0.324 e. The van der Waals surface area contributed by atoms with E-state index in [1.807, 2.05) is 31.2 Å². The molecule has 0 bridgehead atoms. The van der Waals surface area contributed by atoms with Crippen LogP contribution in [0.4, 0.5) is 0 Å². The number of carbonyl (C=O) groups excluding carboxylic acids is 2. The highest BCUT2D eigenvalue weighted by Crippen LogP contribution is 2.32. The van der Waals surface area contributed by atoms with Crippen molar-refractivity contribution in [2.45, 2.75) is 33.6 Å². The van der Waals surface area contributed by atoms with Crippen LogP contribution in [0.15, 0.2) is 36.9 Å². The van der Waals surface area contributed by atoms with Gasteiger partial charge in [0.2, 0.25) is 0 Å². The van der Waals surface area contributed by atoms with Gasteiger partial charge in [-0.05, 0) is 39.2 Å². The van der Waals surface area contributed by atoms with Crippen LogP contribution >= 0.6 is 0 Å². The van der Waals surface area contributed by atoms with Crippen LogP contribution < -0.4 is 0 Å². The summed E-state index contributed by atoms with van der Waals surface area (Å²) < 4.78 is 10.3. The number of hydrogen-bond donors (Lipinski definition) is 0. The van der Waals surface area contributed by atoms with E-state index in [-0.39, 0.29) is 26.1 Å². The van der Waals surface area contributed by atoms with Crippen molar-refractivity contribution in [2.24, 2.45) is 5.41 Å². The predicted molar refractivity (Wildman–Crippen MR) is 85.4 cm³/mol. The Balaban J connectivity index is 3.21. The van der Waals surface area contributed by atoms with Gasteiger partial charge in [0.05, 0.1) is 13.2 Å². The zero-order chi connectivity index (χ0) is 16.6. The topological polar surface area (TPSA) is 52.6 Å². The van der Waals surface area contributed by atoms with Crippen LogP contribution in [-0.2, 0) is 25.5 Å². The van der Waals surface area contributed by atoms with Gasteiger partial charge in [-0.3, -0.25) is 9.59 Å². The highest BCUT2D eigenvalue weighted by molar-refractivity contribution is 6.00. The molecule has 120 valence electrons. The average molecular weight is 304 g/mol. The number of carbonyl (C=O) groups is 2. The third-order valence-corrected chi connectivity index (χ3v) is 3.45. The second-order valence-electron chi connectivity index (χ2n) is 5.18. The maximum absolute atomic E-state index is 12.5. The maximum atomic E-state index is 12.5. The molecule has 0 saturated carbocycles. The van der Waals surface area contributed by atoms with Gasteiger partial charge in [0.25, 0.3) is 0 Å². The summed E-state index contributed by atoms with van der Waals surface area (Å²) in [4.78, 5) is 24.9. The van der Waals surface area contributed by atoms with Crippen LogP contribution in [0.5, 0.6) is 0 Å². The fourth-order valence-corrected chi connectivity index (χ4v) is 2.31. The molecule has 0 fully saturated rings. The van der Waals surface area contributed by atoms with Gasteiger partial charge in [0.15, 0.2) is 5.41 Å². The van der Waals surface area contributed by atoms with Gasteiger partial charge < -0.3 is 9.47 Å². The maximum Gasteiger partial charge on any atom is 0.324 e. The molecular formula is C18H24O4. The molecule has 0 aliphatic carbocycles. The minimum absolute atomic E-state index is 0.179. The van der Waals surface area contributed by atoms with Gasteiger partial charge in [-0.1, -0.05) is 35.9 Å². The number of rotatable bonds is 8. The summed E-state index contributed by atoms with van der Waals surface area (Å²) in [5.74, 6) is -1.12. The molecule has 1 rings (SSSR count). The Labute approximate surface area is 132 Å². The molecule has 0 aliphatic rings. The predicted octanol–water partition coefficient (Wildman–Crippen LogP) is 3.23. The molecule has 0 heterocycles. The SMILES string of the molecule is C=CCC(Cc1ccc(C)cc1)(C(=O)OCC)C(=O)OCC. The zero-order valence-corrected chi connectivity index (χ0v) is 13.6. The van der Waals surface area contributed by atoms with Crippen molar-refractivity contribution in [1.29, 1.82) is 0 Å². The van der Waals surface area contributed by atoms with Crippen LogP contribution in [0.1, 0.15) is 31.4 Å². The Morgan fingerprint density at radius 1 is 1.09 bits per heavy atom. The Morgan fingerprint density at radius 3 is 2.00 bits per heavy atom. The molecule has 0 aliphatic heterocycles. The van der Waals surface area contributed by atoms with Crippen LogP contribution in [0.3, 0.4) is 0 Å². The zero-order valence-electron chi connectivity index (χ0n) is 13.6. The molecule has 1 aromatic carbocycles. The minimum Gasteiger partial charge on any atom is -0.465 e. The Hall–Kier alpha value is -2.10. The normalized spacial score (nSPS) is 10.9. The standard InChI is InChI=1S/C18H24O4/c1-5-12-18(16(19)21-6-2,17(20)22-7-3)13-15-10-8-14(4)9-11-15/h5,8-11H,1,6-7,12-13H2,2-4H3. The molecule has 4 nitrogen and oxygen atoms in total. The number of esters is 2. The van der Waals surface area contributed by atoms with E-state index in [4.69, 9.17) is 9.47 Å². The third-order valence-electron chi connectivity index (χ3n) is 3.45. The summed E-state index contributed by atoms with van der Waals surface area (Å²) in [5, 5.41) is 0. The summed E-state index contributed by atoms with van der Waals surface area (Å²) in [7, 11) is 0. The summed E-state index contributed by atoms with van der Waals surface area (Å²) in [5.41, 5.74) is 0.627. The van der Waals surface area contributed by atoms with Gasteiger partial charge in [0.1, 0.15) is 0 Å². The number of benzene rings is 1. The van der Waals surface area contributed by atoms with Crippen molar-refractivity contribution in [3.63, 3.8) is 0 Å². The second-order valence-corrected chi connectivity index (χ2v) is 5.18. The summed E-state index contributed by atoms with van der Waals surface area (Å²) in [6.45, 7) is 9.51. The van der Waals surface area contributed by atoms with E-state index in [2.05, 4.69) is 6.58 Å². The first kappa shape index (κ1) is 18.0. The van der Waals surface area contributed by atoms with Crippen molar-refractivity contribution in [3.8, 4) is 0 Å². The first-order valence-electron chi connectivity index (χ1n) is 7.51. The summed E-state index contributed by atoms with van der Waals surface area (Å²) in [6, 6.07) is 7.71. The highest BCUT2D eigenvalue weighted by atomic mass is 16.6. The van der Waals surface area contributed by atoms with Crippen molar-refractivity contribution in [1.82, 2.24) is 0 Å². The molecule has 0 N–H and O–H groups in total. The van der Waals surface area contributed by atoms with Gasteiger partial charge in [-0.2, -0.15) is 0 Å². The molecule has 0 amide bonds. The molecule has 0 unspecified atom stereocenters. The molecule has 0 aromatic heterocycles. The molecule has 0 spiro atoms. The fourth-order valence-electron chi connectivity index (χ4n) is 2.31. The van der Waals surface area contributed by atoms with Gasteiger partial charge >= 0.3 is 11.9 Å². The van der Waals surface area contributed by atoms with Gasteiger partial charge in [0, 0.05) is 0 Å². The second kappa shape index (κ2) is 8.37. The number of aryl methyl sites for hydroxylation is 1. The lowest BCUT2D eigenvalue weighted by Crippen LogP contribution is -2.43. The van der Waals surface area contributed by atoms with E-state index >= 15 is 0 Å². The van der Waals surface area contributed by atoms with E-state index in [9.17, 15) is 9.59 Å². The van der Waals surface area contributed by atoms with Gasteiger partial charge in [-0.15, -0.1) is 6.58 Å². The van der Waals surface area contributed by atoms with Crippen molar-refractivity contribution in [2.75, 3.05) is 13.2 Å². The van der Waals surface area contributed by atoms with Crippen molar-refractivity contribution < 1.29 is 19.1 Å². The lowest BCUT2D eigenvalue weighted by Gasteiger charge is -2.28. The lowest BCUT2D eigenvalue weighted by atomic mass is 9.78. The summed E-state index contributed by atoms with van der Waals surface area (Å²) >= 11 is 0. The number of hydrogen-bond acceptors (Lipinski definition) is 4. The highest BCUT2D eigenvalue weighted by Gasteiger charge is 2.47. The monoisotopic (exact) mass is 304 g/mol.